The van der Waals surface area contributed by atoms with E-state index < -0.39 is 6.10 Å². The van der Waals surface area contributed by atoms with Gasteiger partial charge in [-0.2, -0.15) is 0 Å². The number of hydrogen-bond acceptors (Lipinski definition) is 6. The van der Waals surface area contributed by atoms with Gasteiger partial charge in [0.2, 0.25) is 0 Å². The van der Waals surface area contributed by atoms with Crippen molar-refractivity contribution in [3.8, 4) is 0 Å². The molecule has 6 heteroatoms. The summed E-state index contributed by atoms with van der Waals surface area (Å²) in [5, 5.41) is 9.55. The Kier molecular flexibility index (Phi) is 27.8. The maximum Gasteiger partial charge on any atom is 0.306 e. The van der Waals surface area contributed by atoms with Crippen LogP contribution in [0.3, 0.4) is 0 Å². The van der Waals surface area contributed by atoms with Crippen LogP contribution in [-0.2, 0) is 23.8 Å². The Morgan fingerprint density at radius 1 is 0.674 bits per heavy atom. The van der Waals surface area contributed by atoms with Crippen molar-refractivity contribution in [1.29, 1.82) is 0 Å². The van der Waals surface area contributed by atoms with E-state index >= 15 is 0 Å². The van der Waals surface area contributed by atoms with E-state index in [1.165, 1.54) is 83.5 Å². The number of allylic oxidation sites excluding steroid dienone is 4. The summed E-state index contributed by atoms with van der Waals surface area (Å²) in [6.07, 6.45) is 38.0. The largest absolute Gasteiger partial charge is 0.462 e. The topological polar surface area (TPSA) is 85.4 Å². The fourth-order valence-electron chi connectivity index (χ4n) is 5.48. The van der Waals surface area contributed by atoms with Gasteiger partial charge in [0.05, 0.1) is 18.8 Å². The van der Waals surface area contributed by atoms with Crippen LogP contribution < -0.4 is 0 Å². The van der Waals surface area contributed by atoms with E-state index in [1.54, 1.807) is 0 Å². The first-order valence-electron chi connectivity index (χ1n) is 19.0. The molecule has 0 spiro atoms. The molecule has 0 saturated carbocycles. The first-order chi connectivity index (χ1) is 22.5. The second-order valence-corrected chi connectivity index (χ2v) is 13.5. The molecule has 0 radical (unpaired) electrons. The van der Waals surface area contributed by atoms with Crippen molar-refractivity contribution < 1.29 is 28.9 Å². The Morgan fingerprint density at radius 2 is 1.22 bits per heavy atom. The van der Waals surface area contributed by atoms with E-state index in [9.17, 15) is 14.7 Å². The van der Waals surface area contributed by atoms with Gasteiger partial charge in [-0.25, -0.2) is 0 Å². The summed E-state index contributed by atoms with van der Waals surface area (Å²) in [6.45, 7) is 6.38. The van der Waals surface area contributed by atoms with Gasteiger partial charge in [-0.05, 0) is 57.3 Å². The number of aliphatic hydroxyl groups excluding tert-OH is 1. The number of epoxide rings is 1. The highest BCUT2D eigenvalue weighted by molar-refractivity contribution is 5.70. The van der Waals surface area contributed by atoms with Crippen LogP contribution in [-0.4, -0.2) is 48.6 Å². The summed E-state index contributed by atoms with van der Waals surface area (Å²) < 4.78 is 16.3. The van der Waals surface area contributed by atoms with Gasteiger partial charge in [-0.1, -0.05) is 141 Å². The van der Waals surface area contributed by atoms with Gasteiger partial charge in [0, 0.05) is 12.8 Å². The fraction of sp³-hybridized carbons (Fsp3) is 0.800. The lowest BCUT2D eigenvalue weighted by atomic mass is 10.0. The van der Waals surface area contributed by atoms with Crippen molar-refractivity contribution in [2.24, 2.45) is 5.92 Å². The van der Waals surface area contributed by atoms with Gasteiger partial charge in [0.15, 0.2) is 6.10 Å². The highest BCUT2D eigenvalue weighted by atomic mass is 16.6. The number of ether oxygens (including phenoxy) is 3. The van der Waals surface area contributed by atoms with Gasteiger partial charge >= 0.3 is 11.9 Å². The third-order valence-corrected chi connectivity index (χ3v) is 8.52. The monoisotopic (exact) mass is 647 g/mol. The predicted octanol–water partition coefficient (Wildman–Crippen LogP) is 10.5. The van der Waals surface area contributed by atoms with Gasteiger partial charge < -0.3 is 19.3 Å². The SMILES string of the molecule is CCCCC/C=C\C/C=C\CC1OC1C/C=C\CCCC(=O)O[C@@H](CO)COC(=O)CCCCCCCCCCCCCC(C)C. The molecular weight excluding hydrogens is 576 g/mol. The second-order valence-electron chi connectivity index (χ2n) is 13.5. The molecule has 46 heavy (non-hydrogen) atoms. The molecule has 3 atom stereocenters. The summed E-state index contributed by atoms with van der Waals surface area (Å²) in [4.78, 5) is 24.2. The van der Waals surface area contributed by atoms with Crippen molar-refractivity contribution in [3.05, 3.63) is 36.5 Å². The highest BCUT2D eigenvalue weighted by Gasteiger charge is 2.35. The normalized spacial score (nSPS) is 17.1. The summed E-state index contributed by atoms with van der Waals surface area (Å²) in [5.74, 6) is 0.166. The Bertz CT molecular complexity index is 817. The molecule has 2 unspecified atom stereocenters. The first-order valence-corrected chi connectivity index (χ1v) is 19.0. The quantitative estimate of drug-likeness (QED) is 0.0339. The molecule has 0 amide bonds. The van der Waals surface area contributed by atoms with Crippen LogP contribution in [0.1, 0.15) is 168 Å². The van der Waals surface area contributed by atoms with E-state index in [4.69, 9.17) is 14.2 Å². The van der Waals surface area contributed by atoms with Crippen LogP contribution in [0, 0.1) is 5.92 Å². The number of carbonyl (C=O) groups is 2. The Balaban J connectivity index is 1.95. The molecule has 1 fully saturated rings. The van der Waals surface area contributed by atoms with Gasteiger partial charge in [0.25, 0.3) is 0 Å². The minimum absolute atomic E-state index is 0.0913. The number of carbonyl (C=O) groups excluding carboxylic acids is 2. The van der Waals surface area contributed by atoms with E-state index in [1.807, 2.05) is 0 Å². The van der Waals surface area contributed by atoms with E-state index in [0.29, 0.717) is 25.0 Å². The van der Waals surface area contributed by atoms with Crippen LogP contribution in [0.25, 0.3) is 0 Å². The zero-order valence-corrected chi connectivity index (χ0v) is 29.9. The molecule has 6 nitrogen and oxygen atoms in total. The third kappa shape index (κ3) is 27.2. The van der Waals surface area contributed by atoms with Gasteiger partial charge in [0.1, 0.15) is 6.61 Å². The lowest BCUT2D eigenvalue weighted by Crippen LogP contribution is -2.28. The molecule has 266 valence electrons. The minimum Gasteiger partial charge on any atom is -0.462 e. The van der Waals surface area contributed by atoms with E-state index in [0.717, 1.165) is 50.9 Å². The lowest BCUT2D eigenvalue weighted by molar-refractivity contribution is -0.161. The Hall–Kier alpha value is -1.92. The average Bonchev–Trinajstić information content (AvgIpc) is 3.79. The van der Waals surface area contributed by atoms with Crippen molar-refractivity contribution in [3.63, 3.8) is 0 Å². The molecule has 1 N–H and O–H groups in total. The van der Waals surface area contributed by atoms with Crippen molar-refractivity contribution in [2.75, 3.05) is 13.2 Å². The van der Waals surface area contributed by atoms with Gasteiger partial charge in [-0.15, -0.1) is 0 Å². The fourth-order valence-corrected chi connectivity index (χ4v) is 5.48. The molecular formula is C40H70O6. The Morgan fingerprint density at radius 3 is 1.85 bits per heavy atom. The number of hydrogen-bond donors (Lipinski definition) is 1. The number of unbranched alkanes of at least 4 members (excludes halogenated alkanes) is 14. The van der Waals surface area contributed by atoms with E-state index in [-0.39, 0.29) is 31.6 Å². The summed E-state index contributed by atoms with van der Waals surface area (Å²) in [6, 6.07) is 0. The molecule has 0 bridgehead atoms. The molecule has 0 aliphatic carbocycles. The average molecular weight is 647 g/mol. The smallest absolute Gasteiger partial charge is 0.306 e. The van der Waals surface area contributed by atoms with Crippen molar-refractivity contribution >= 4 is 11.9 Å². The van der Waals surface area contributed by atoms with Crippen LogP contribution >= 0.6 is 0 Å². The maximum atomic E-state index is 12.2. The van der Waals surface area contributed by atoms with Crippen molar-refractivity contribution in [1.82, 2.24) is 0 Å². The van der Waals surface area contributed by atoms with E-state index in [2.05, 4.69) is 57.2 Å². The summed E-state index contributed by atoms with van der Waals surface area (Å²) >= 11 is 0. The number of aliphatic hydroxyl groups is 1. The molecule has 1 aliphatic heterocycles. The maximum absolute atomic E-state index is 12.2. The molecule has 0 aromatic carbocycles. The minimum atomic E-state index is -0.804. The Labute approximate surface area is 282 Å². The molecule has 1 aliphatic rings. The van der Waals surface area contributed by atoms with Crippen LogP contribution in [0.2, 0.25) is 0 Å². The predicted molar refractivity (Wildman–Crippen MR) is 191 cm³/mol. The lowest BCUT2D eigenvalue weighted by Gasteiger charge is -2.15. The van der Waals surface area contributed by atoms with Gasteiger partial charge in [-0.3, -0.25) is 9.59 Å². The summed E-state index contributed by atoms with van der Waals surface area (Å²) in [5.41, 5.74) is 0. The number of esters is 2. The molecule has 1 heterocycles. The highest BCUT2D eigenvalue weighted by Crippen LogP contribution is 2.29. The second kappa shape index (κ2) is 30.4. The molecule has 1 rings (SSSR count). The zero-order chi connectivity index (χ0) is 33.5. The third-order valence-electron chi connectivity index (χ3n) is 8.52. The zero-order valence-electron chi connectivity index (χ0n) is 29.9. The van der Waals surface area contributed by atoms with Crippen LogP contribution in [0.4, 0.5) is 0 Å². The van der Waals surface area contributed by atoms with Crippen LogP contribution in [0.5, 0.6) is 0 Å². The standard InChI is InChI=1S/C40H70O6/c1-4-5-6-7-8-12-16-19-24-29-37-38(46-37)30-25-21-22-27-32-40(43)45-36(33-41)34-44-39(42)31-26-20-17-14-11-9-10-13-15-18-23-28-35(2)3/h8,12,19,21,24-25,35-38,41H,4-7,9-11,13-18,20,22-23,26-34H2,1-3H3/b12-8-,24-19-,25-21-/t36-,37?,38?/m0/s1. The number of rotatable bonds is 32. The first kappa shape index (κ1) is 42.1. The molecule has 0 aromatic heterocycles. The summed E-state index contributed by atoms with van der Waals surface area (Å²) in [7, 11) is 0. The molecule has 1 saturated heterocycles. The molecule has 0 aromatic rings. The van der Waals surface area contributed by atoms with Crippen LogP contribution in [0.15, 0.2) is 36.5 Å². The van der Waals surface area contributed by atoms with Crippen molar-refractivity contribution in [2.45, 2.75) is 187 Å².